The maximum atomic E-state index is 2.71. The van der Waals surface area contributed by atoms with Gasteiger partial charge in [0.15, 0.2) is 0 Å². The molecule has 1 heterocycles. The van der Waals surface area contributed by atoms with Gasteiger partial charge in [-0.15, -0.1) is 0 Å². The average Bonchev–Trinajstić information content (AvgIpc) is 3.14. The number of piperazine rings is 1. The van der Waals surface area contributed by atoms with Crippen molar-refractivity contribution in [2.75, 3.05) is 32.7 Å². The van der Waals surface area contributed by atoms with Crippen molar-refractivity contribution in [1.82, 2.24) is 9.80 Å². The SMILES string of the molecule is Cc1ccc(CN2CCN(C[C@H]3C[C@H]4C=C[C@H]3C4)CC2)cc1. The normalized spacial score (nSPS) is 32.0. The van der Waals surface area contributed by atoms with Crippen LogP contribution in [0.4, 0.5) is 0 Å². The number of rotatable bonds is 4. The van der Waals surface area contributed by atoms with Crippen LogP contribution < -0.4 is 0 Å². The van der Waals surface area contributed by atoms with E-state index in [0.29, 0.717) is 0 Å². The van der Waals surface area contributed by atoms with Gasteiger partial charge in [0.25, 0.3) is 0 Å². The first-order valence-corrected chi connectivity index (χ1v) is 8.95. The molecule has 0 radical (unpaired) electrons. The predicted octanol–water partition coefficient (Wildman–Crippen LogP) is 3.32. The summed E-state index contributed by atoms with van der Waals surface area (Å²) in [6, 6.07) is 9.02. The summed E-state index contributed by atoms with van der Waals surface area (Å²) in [7, 11) is 0. The third kappa shape index (κ3) is 3.13. The molecule has 0 amide bonds. The molecule has 0 spiro atoms. The number of fused-ring (bicyclic) bond motifs is 2. The van der Waals surface area contributed by atoms with Gasteiger partial charge in [0.1, 0.15) is 0 Å². The fraction of sp³-hybridized carbons (Fsp3) is 0.600. The van der Waals surface area contributed by atoms with E-state index in [1.54, 1.807) is 0 Å². The third-order valence-electron chi connectivity index (χ3n) is 5.90. The van der Waals surface area contributed by atoms with Crippen molar-refractivity contribution in [2.24, 2.45) is 17.8 Å². The van der Waals surface area contributed by atoms with Crippen LogP contribution in [0.3, 0.4) is 0 Å². The Labute approximate surface area is 134 Å². The fourth-order valence-corrected chi connectivity index (χ4v) is 4.52. The van der Waals surface area contributed by atoms with E-state index in [4.69, 9.17) is 0 Å². The van der Waals surface area contributed by atoms with E-state index >= 15 is 0 Å². The second-order valence-electron chi connectivity index (χ2n) is 7.60. The molecule has 118 valence electrons. The molecule has 2 bridgehead atoms. The van der Waals surface area contributed by atoms with Gasteiger partial charge in [-0.3, -0.25) is 4.90 Å². The highest BCUT2D eigenvalue weighted by Crippen LogP contribution is 2.43. The van der Waals surface area contributed by atoms with Crippen molar-refractivity contribution in [3.05, 3.63) is 47.5 Å². The van der Waals surface area contributed by atoms with Crippen LogP contribution in [0.15, 0.2) is 36.4 Å². The molecule has 1 aliphatic heterocycles. The minimum atomic E-state index is 0.899. The molecule has 1 saturated heterocycles. The number of aryl methyl sites for hydroxylation is 1. The van der Waals surface area contributed by atoms with Gasteiger partial charge in [-0.25, -0.2) is 0 Å². The lowest BCUT2D eigenvalue weighted by molar-refractivity contribution is 0.108. The van der Waals surface area contributed by atoms with Gasteiger partial charge < -0.3 is 4.90 Å². The highest BCUT2D eigenvalue weighted by Gasteiger charge is 2.36. The maximum Gasteiger partial charge on any atom is 0.0234 e. The number of benzene rings is 1. The van der Waals surface area contributed by atoms with Gasteiger partial charge in [0.2, 0.25) is 0 Å². The number of hydrogen-bond donors (Lipinski definition) is 0. The molecule has 0 N–H and O–H groups in total. The molecule has 2 nitrogen and oxygen atoms in total. The van der Waals surface area contributed by atoms with Crippen molar-refractivity contribution in [3.8, 4) is 0 Å². The molecule has 0 aromatic heterocycles. The monoisotopic (exact) mass is 296 g/mol. The van der Waals surface area contributed by atoms with Crippen molar-refractivity contribution >= 4 is 0 Å². The molecule has 2 aliphatic carbocycles. The van der Waals surface area contributed by atoms with E-state index in [-0.39, 0.29) is 0 Å². The van der Waals surface area contributed by atoms with Crippen LogP contribution in [0.5, 0.6) is 0 Å². The molecular formula is C20H28N2. The van der Waals surface area contributed by atoms with E-state index in [0.717, 1.165) is 24.3 Å². The molecule has 4 rings (SSSR count). The molecule has 22 heavy (non-hydrogen) atoms. The van der Waals surface area contributed by atoms with Gasteiger partial charge in [-0.1, -0.05) is 42.0 Å². The predicted molar refractivity (Wildman–Crippen MR) is 91.7 cm³/mol. The van der Waals surface area contributed by atoms with E-state index < -0.39 is 0 Å². The fourth-order valence-electron chi connectivity index (χ4n) is 4.52. The second kappa shape index (κ2) is 6.17. The lowest BCUT2D eigenvalue weighted by atomic mass is 9.93. The lowest BCUT2D eigenvalue weighted by Gasteiger charge is -2.37. The summed E-state index contributed by atoms with van der Waals surface area (Å²) in [5, 5.41) is 0. The Kier molecular flexibility index (Phi) is 4.06. The van der Waals surface area contributed by atoms with E-state index in [1.807, 2.05) is 0 Å². The Balaban J connectivity index is 1.24. The first-order valence-electron chi connectivity index (χ1n) is 8.95. The maximum absolute atomic E-state index is 2.71. The van der Waals surface area contributed by atoms with Crippen molar-refractivity contribution in [3.63, 3.8) is 0 Å². The highest BCUT2D eigenvalue weighted by atomic mass is 15.3. The van der Waals surface area contributed by atoms with Crippen LogP contribution >= 0.6 is 0 Å². The van der Waals surface area contributed by atoms with Crippen molar-refractivity contribution in [1.29, 1.82) is 0 Å². The van der Waals surface area contributed by atoms with Crippen LogP contribution in [0, 0.1) is 24.7 Å². The number of nitrogens with zero attached hydrogens (tertiary/aromatic N) is 2. The van der Waals surface area contributed by atoms with Gasteiger partial charge in [-0.2, -0.15) is 0 Å². The van der Waals surface area contributed by atoms with E-state index in [1.165, 1.54) is 56.7 Å². The quantitative estimate of drug-likeness (QED) is 0.786. The number of hydrogen-bond acceptors (Lipinski definition) is 2. The zero-order valence-corrected chi connectivity index (χ0v) is 13.7. The molecule has 1 aromatic rings. The standard InChI is InChI=1S/C20H28N2/c1-16-2-4-17(5-3-16)14-21-8-10-22(11-9-21)15-20-13-18-6-7-19(20)12-18/h2-7,18-20H,8-15H2,1H3/t18-,19-,20+/m0/s1. The van der Waals surface area contributed by atoms with Gasteiger partial charge >= 0.3 is 0 Å². The van der Waals surface area contributed by atoms with Crippen molar-refractivity contribution in [2.45, 2.75) is 26.3 Å². The first kappa shape index (κ1) is 14.5. The van der Waals surface area contributed by atoms with Gasteiger partial charge in [0, 0.05) is 39.3 Å². The lowest BCUT2D eigenvalue weighted by Crippen LogP contribution is -2.47. The number of allylic oxidation sites excluding steroid dienone is 2. The second-order valence-corrected chi connectivity index (χ2v) is 7.60. The van der Waals surface area contributed by atoms with Gasteiger partial charge in [0.05, 0.1) is 0 Å². The Morgan fingerprint density at radius 1 is 0.909 bits per heavy atom. The molecule has 1 saturated carbocycles. The largest absolute Gasteiger partial charge is 0.300 e. The van der Waals surface area contributed by atoms with Gasteiger partial charge in [-0.05, 0) is 43.1 Å². The van der Waals surface area contributed by atoms with E-state index in [9.17, 15) is 0 Å². The Morgan fingerprint density at radius 2 is 1.64 bits per heavy atom. The van der Waals surface area contributed by atoms with Crippen LogP contribution in [0.25, 0.3) is 0 Å². The van der Waals surface area contributed by atoms with Crippen molar-refractivity contribution < 1.29 is 0 Å². The zero-order valence-electron chi connectivity index (χ0n) is 13.7. The summed E-state index contributed by atoms with van der Waals surface area (Å²) >= 11 is 0. The summed E-state index contributed by atoms with van der Waals surface area (Å²) in [5.74, 6) is 2.76. The highest BCUT2D eigenvalue weighted by molar-refractivity contribution is 5.21. The average molecular weight is 296 g/mol. The Hall–Kier alpha value is -1.12. The molecule has 2 fully saturated rings. The Bertz CT molecular complexity index is 525. The molecule has 1 aromatic carbocycles. The van der Waals surface area contributed by atoms with Crippen LogP contribution in [-0.4, -0.2) is 42.5 Å². The smallest absolute Gasteiger partial charge is 0.0234 e. The third-order valence-corrected chi connectivity index (χ3v) is 5.90. The molecule has 3 aliphatic rings. The summed E-state index contributed by atoms with van der Waals surface area (Å²) < 4.78 is 0. The molecule has 2 heteroatoms. The van der Waals surface area contributed by atoms with Crippen LogP contribution in [0.1, 0.15) is 24.0 Å². The summed E-state index contributed by atoms with van der Waals surface area (Å²) in [4.78, 5) is 5.33. The molecule has 3 atom stereocenters. The van der Waals surface area contributed by atoms with Crippen LogP contribution in [0.2, 0.25) is 0 Å². The van der Waals surface area contributed by atoms with E-state index in [2.05, 4.69) is 53.1 Å². The summed E-state index contributed by atoms with van der Waals surface area (Å²) in [6.45, 7) is 9.57. The topological polar surface area (TPSA) is 6.48 Å². The summed E-state index contributed by atoms with van der Waals surface area (Å²) in [5.41, 5.74) is 2.81. The minimum absolute atomic E-state index is 0.899. The van der Waals surface area contributed by atoms with Crippen LogP contribution in [-0.2, 0) is 6.54 Å². The zero-order chi connectivity index (χ0) is 14.9. The minimum Gasteiger partial charge on any atom is -0.300 e. The summed E-state index contributed by atoms with van der Waals surface area (Å²) in [6.07, 6.45) is 7.84. The first-order chi connectivity index (χ1) is 10.8. The molecular weight excluding hydrogens is 268 g/mol. The Morgan fingerprint density at radius 3 is 2.27 bits per heavy atom. The molecule has 0 unspecified atom stereocenters.